The molecule has 0 saturated carbocycles. The molecule has 1 aromatic heterocycles. The van der Waals surface area contributed by atoms with Gasteiger partial charge in [0.2, 0.25) is 0 Å². The van der Waals surface area contributed by atoms with Crippen LogP contribution in [0.3, 0.4) is 0 Å². The minimum Gasteiger partial charge on any atom is -0.348 e. The van der Waals surface area contributed by atoms with Crippen LogP contribution in [0.5, 0.6) is 0 Å². The molecule has 1 saturated heterocycles. The van der Waals surface area contributed by atoms with Crippen molar-refractivity contribution in [1.82, 2.24) is 14.8 Å². The molecule has 0 aliphatic carbocycles. The fourth-order valence-corrected chi connectivity index (χ4v) is 4.21. The lowest BCUT2D eigenvalue weighted by atomic mass is 10.0. The number of rotatable bonds is 7. The maximum atomic E-state index is 13.0. The minimum absolute atomic E-state index is 0.230. The summed E-state index contributed by atoms with van der Waals surface area (Å²) >= 11 is 0. The van der Waals surface area contributed by atoms with E-state index in [0.29, 0.717) is 12.1 Å². The second-order valence-electron chi connectivity index (χ2n) is 7.64. The van der Waals surface area contributed by atoms with Crippen molar-refractivity contribution in [3.63, 3.8) is 0 Å². The largest absolute Gasteiger partial charge is 0.348 e. The van der Waals surface area contributed by atoms with Gasteiger partial charge in [-0.3, -0.25) is 9.59 Å². The molecule has 0 spiro atoms. The van der Waals surface area contributed by atoms with E-state index in [2.05, 4.69) is 28.6 Å². The van der Waals surface area contributed by atoms with Gasteiger partial charge in [-0.05, 0) is 52.3 Å². The number of likely N-dealkylation sites (tertiary alicyclic amines) is 1. The van der Waals surface area contributed by atoms with Crippen molar-refractivity contribution in [2.45, 2.75) is 52.5 Å². The Kier molecular flexibility index (Phi) is 6.32. The van der Waals surface area contributed by atoms with Gasteiger partial charge in [0.1, 0.15) is 0 Å². The Morgan fingerprint density at radius 1 is 1.11 bits per heavy atom. The molecule has 5 heteroatoms. The van der Waals surface area contributed by atoms with Gasteiger partial charge < -0.3 is 14.8 Å². The second kappa shape index (κ2) is 8.70. The molecule has 1 fully saturated rings. The summed E-state index contributed by atoms with van der Waals surface area (Å²) in [5, 5.41) is 3.72. The Morgan fingerprint density at radius 2 is 1.81 bits per heavy atom. The topological polar surface area (TPSA) is 54.3 Å². The molecule has 0 unspecified atom stereocenters. The summed E-state index contributed by atoms with van der Waals surface area (Å²) in [6.07, 6.45) is 4.46. The molecule has 1 aliphatic heterocycles. The van der Waals surface area contributed by atoms with E-state index in [1.165, 1.54) is 19.3 Å². The quantitative estimate of drug-likeness (QED) is 0.600. The molecule has 1 aromatic carbocycles. The van der Waals surface area contributed by atoms with E-state index in [-0.39, 0.29) is 6.04 Å². The van der Waals surface area contributed by atoms with E-state index in [0.717, 1.165) is 42.7 Å². The Morgan fingerprint density at radius 3 is 2.48 bits per heavy atom. The zero-order valence-electron chi connectivity index (χ0n) is 16.8. The molecule has 2 heterocycles. The van der Waals surface area contributed by atoms with Crippen LogP contribution in [0, 0.1) is 0 Å². The predicted octanol–water partition coefficient (Wildman–Crippen LogP) is 3.57. The van der Waals surface area contributed by atoms with Gasteiger partial charge in [0.05, 0.1) is 5.56 Å². The van der Waals surface area contributed by atoms with Gasteiger partial charge in [-0.2, -0.15) is 0 Å². The average Bonchev–Trinajstić information content (AvgIpc) is 3.02. The van der Waals surface area contributed by atoms with E-state index >= 15 is 0 Å². The Balaban J connectivity index is 1.79. The fraction of sp³-hybridized carbons (Fsp3) is 0.545. The zero-order chi connectivity index (χ0) is 19.4. The molecule has 146 valence electrons. The van der Waals surface area contributed by atoms with Crippen molar-refractivity contribution in [3.8, 4) is 0 Å². The standard InChI is InChI=1S/C22H31N3O2/c1-4-18-20(17-10-6-7-11-19(17)25(18)16(2)3)21(26)22(27)23-12-15-24-13-8-5-9-14-24/h6-7,10-11,16H,4-5,8-9,12-15H2,1-3H3,(H,23,27). The molecule has 1 aliphatic rings. The van der Waals surface area contributed by atoms with Crippen molar-refractivity contribution in [2.24, 2.45) is 0 Å². The number of ketones is 1. The van der Waals surface area contributed by atoms with E-state index in [4.69, 9.17) is 0 Å². The Labute approximate surface area is 161 Å². The lowest BCUT2D eigenvalue weighted by Gasteiger charge is -2.26. The summed E-state index contributed by atoms with van der Waals surface area (Å²) in [6.45, 7) is 9.77. The molecule has 5 nitrogen and oxygen atoms in total. The molecular formula is C22H31N3O2. The lowest BCUT2D eigenvalue weighted by molar-refractivity contribution is -0.117. The Hall–Kier alpha value is -2.14. The molecule has 2 aromatic rings. The molecule has 27 heavy (non-hydrogen) atoms. The van der Waals surface area contributed by atoms with Crippen LogP contribution < -0.4 is 5.32 Å². The van der Waals surface area contributed by atoms with Crippen molar-refractivity contribution in [1.29, 1.82) is 0 Å². The van der Waals surface area contributed by atoms with Crippen molar-refractivity contribution in [2.75, 3.05) is 26.2 Å². The van der Waals surface area contributed by atoms with E-state index in [1.54, 1.807) is 0 Å². The molecule has 3 rings (SSSR count). The first-order chi connectivity index (χ1) is 13.0. The van der Waals surface area contributed by atoms with E-state index in [9.17, 15) is 9.59 Å². The first-order valence-corrected chi connectivity index (χ1v) is 10.2. The number of Topliss-reactive ketones (excluding diaryl/α,β-unsaturated/α-hetero) is 1. The highest BCUT2D eigenvalue weighted by molar-refractivity contribution is 6.45. The SMILES string of the molecule is CCc1c(C(=O)C(=O)NCCN2CCCCC2)c2ccccc2n1C(C)C. The van der Waals surface area contributed by atoms with Gasteiger partial charge in [-0.25, -0.2) is 0 Å². The summed E-state index contributed by atoms with van der Waals surface area (Å²) in [5.41, 5.74) is 2.54. The summed E-state index contributed by atoms with van der Waals surface area (Å²) in [4.78, 5) is 28.0. The Bertz CT molecular complexity index is 816. The first kappa shape index (κ1) is 19.6. The number of para-hydroxylation sites is 1. The van der Waals surface area contributed by atoms with Gasteiger partial charge in [0.15, 0.2) is 0 Å². The molecule has 1 N–H and O–H groups in total. The monoisotopic (exact) mass is 369 g/mol. The molecule has 0 radical (unpaired) electrons. The van der Waals surface area contributed by atoms with E-state index in [1.807, 2.05) is 31.2 Å². The first-order valence-electron chi connectivity index (χ1n) is 10.2. The molecular weight excluding hydrogens is 338 g/mol. The number of nitrogens with one attached hydrogen (secondary N) is 1. The van der Waals surface area contributed by atoms with Crippen LogP contribution in [0.2, 0.25) is 0 Å². The third kappa shape index (κ3) is 4.08. The predicted molar refractivity (Wildman–Crippen MR) is 109 cm³/mol. The maximum absolute atomic E-state index is 13.0. The number of hydrogen-bond donors (Lipinski definition) is 1. The highest BCUT2D eigenvalue weighted by Crippen LogP contribution is 2.30. The summed E-state index contributed by atoms with van der Waals surface area (Å²) in [6, 6.07) is 8.11. The third-order valence-corrected chi connectivity index (χ3v) is 5.46. The number of hydrogen-bond acceptors (Lipinski definition) is 3. The van der Waals surface area contributed by atoms with Crippen LogP contribution in [-0.4, -0.2) is 47.3 Å². The number of aromatic nitrogens is 1. The second-order valence-corrected chi connectivity index (χ2v) is 7.64. The van der Waals surface area contributed by atoms with Crippen LogP contribution in [0.4, 0.5) is 0 Å². The zero-order valence-corrected chi connectivity index (χ0v) is 16.8. The third-order valence-electron chi connectivity index (χ3n) is 5.46. The number of fused-ring (bicyclic) bond motifs is 1. The highest BCUT2D eigenvalue weighted by Gasteiger charge is 2.26. The number of carbonyl (C=O) groups excluding carboxylic acids is 2. The van der Waals surface area contributed by atoms with Crippen molar-refractivity contribution >= 4 is 22.6 Å². The number of piperidine rings is 1. The molecule has 1 amide bonds. The smallest absolute Gasteiger partial charge is 0.292 e. The minimum atomic E-state index is -0.492. The van der Waals surface area contributed by atoms with Crippen LogP contribution in [-0.2, 0) is 11.2 Å². The summed E-state index contributed by atoms with van der Waals surface area (Å²) in [7, 11) is 0. The summed E-state index contributed by atoms with van der Waals surface area (Å²) in [5.74, 6) is -0.908. The maximum Gasteiger partial charge on any atom is 0.292 e. The lowest BCUT2D eigenvalue weighted by Crippen LogP contribution is -2.40. The number of benzene rings is 1. The van der Waals surface area contributed by atoms with Gasteiger partial charge in [-0.1, -0.05) is 31.5 Å². The normalized spacial score (nSPS) is 15.4. The molecule has 0 atom stereocenters. The highest BCUT2D eigenvalue weighted by atomic mass is 16.2. The van der Waals surface area contributed by atoms with Gasteiger partial charge in [0.25, 0.3) is 11.7 Å². The van der Waals surface area contributed by atoms with Crippen molar-refractivity contribution in [3.05, 3.63) is 35.5 Å². The van der Waals surface area contributed by atoms with Crippen LogP contribution >= 0.6 is 0 Å². The summed E-state index contributed by atoms with van der Waals surface area (Å²) < 4.78 is 2.18. The van der Waals surface area contributed by atoms with E-state index < -0.39 is 11.7 Å². The molecule has 0 bridgehead atoms. The average molecular weight is 370 g/mol. The van der Waals surface area contributed by atoms with Gasteiger partial charge in [-0.15, -0.1) is 0 Å². The number of nitrogens with zero attached hydrogens (tertiary/aromatic N) is 2. The van der Waals surface area contributed by atoms with Gasteiger partial charge in [0, 0.05) is 35.7 Å². The van der Waals surface area contributed by atoms with Crippen molar-refractivity contribution < 1.29 is 9.59 Å². The number of amides is 1. The van der Waals surface area contributed by atoms with Crippen LogP contribution in [0.15, 0.2) is 24.3 Å². The fourth-order valence-electron chi connectivity index (χ4n) is 4.21. The van der Waals surface area contributed by atoms with Crippen LogP contribution in [0.1, 0.15) is 62.1 Å². The number of carbonyl (C=O) groups is 2. The van der Waals surface area contributed by atoms with Gasteiger partial charge >= 0.3 is 0 Å². The van der Waals surface area contributed by atoms with Crippen LogP contribution in [0.25, 0.3) is 10.9 Å².